The topological polar surface area (TPSA) is 164 Å². The molecule has 21 heteroatoms. The van der Waals surface area contributed by atoms with Crippen molar-refractivity contribution in [3.8, 4) is 22.9 Å². The van der Waals surface area contributed by atoms with Gasteiger partial charge in [-0.05, 0) is 151 Å². The van der Waals surface area contributed by atoms with E-state index in [9.17, 15) is 4.79 Å². The lowest BCUT2D eigenvalue weighted by molar-refractivity contribution is -0.562. The molecule has 69 heavy (non-hydrogen) atoms. The van der Waals surface area contributed by atoms with E-state index in [-0.39, 0.29) is 11.2 Å². The lowest BCUT2D eigenvalue weighted by atomic mass is 9.85. The van der Waals surface area contributed by atoms with Gasteiger partial charge in [-0.15, -0.1) is 0 Å². The van der Waals surface area contributed by atoms with Crippen molar-refractivity contribution in [3.63, 3.8) is 0 Å². The third-order valence-electron chi connectivity index (χ3n) is 14.0. The molecule has 0 bridgehead atoms. The van der Waals surface area contributed by atoms with Crippen molar-refractivity contribution in [3.05, 3.63) is 84.0 Å². The number of hydrogen-bond acceptors (Lipinski definition) is 14. The zero-order valence-electron chi connectivity index (χ0n) is 43.4. The highest BCUT2D eigenvalue weighted by molar-refractivity contribution is 9.10. The minimum absolute atomic E-state index is 0.378. The Morgan fingerprint density at radius 3 is 1.42 bits per heavy atom. The van der Waals surface area contributed by atoms with E-state index >= 15 is 0 Å². The van der Waals surface area contributed by atoms with E-state index < -0.39 is 62.2 Å². The first kappa shape index (κ1) is 54.2. The summed E-state index contributed by atoms with van der Waals surface area (Å²) >= 11 is 3.43. The first-order chi connectivity index (χ1) is 32.0. The fourth-order valence-electron chi connectivity index (χ4n) is 6.93. The number of oxazole rings is 2. The van der Waals surface area contributed by atoms with Gasteiger partial charge in [-0.1, -0.05) is 54.9 Å². The van der Waals surface area contributed by atoms with Gasteiger partial charge in [-0.2, -0.15) is 0 Å². The number of imidazole rings is 1. The second kappa shape index (κ2) is 19.8. The van der Waals surface area contributed by atoms with Gasteiger partial charge >= 0.3 is 28.6 Å². The van der Waals surface area contributed by atoms with E-state index in [1.165, 1.54) is 4.68 Å². The van der Waals surface area contributed by atoms with Crippen LogP contribution in [0.25, 0.3) is 22.9 Å². The molecule has 7 heterocycles. The highest BCUT2D eigenvalue weighted by Crippen LogP contribution is 2.40. The van der Waals surface area contributed by atoms with Gasteiger partial charge in [0, 0.05) is 16.2 Å². The van der Waals surface area contributed by atoms with Crippen LogP contribution in [0.4, 0.5) is 0 Å². The van der Waals surface area contributed by atoms with Crippen molar-refractivity contribution in [2.75, 3.05) is 0 Å². The van der Waals surface area contributed by atoms with E-state index in [1.807, 2.05) is 185 Å². The SMILES string of the molecule is CC.CC1(C)OB(c2c[n+](B3OC(C)(C)C(C)(C)O3)cn2N=C=O)OC1(C)C.CC1(C)OB(c2cnc(-c3ccccc3)o2)OC1(C)C.CC1(C)OB(c2oc(-c3ccccc3)nc2Br)OC1(C)C. The molecule has 0 saturated carbocycles. The van der Waals surface area contributed by atoms with Crippen molar-refractivity contribution in [1.82, 2.24) is 14.6 Å². The summed E-state index contributed by atoms with van der Waals surface area (Å²) in [5.41, 5.74) is 0.0336. The van der Waals surface area contributed by atoms with Crippen LogP contribution in [0.2, 0.25) is 0 Å². The number of nitrogens with zero attached hydrogens (tertiary/aromatic N) is 5. The molecule has 4 aliphatic heterocycles. The average molecular weight is 1010 g/mol. The summed E-state index contributed by atoms with van der Waals surface area (Å²) in [5.74, 6) is 1.13. The standard InChI is InChI=1S/C16H26B2N3O5.C15H17BBrNO3.C15H18BNO3.C2H6/c1-13(2)14(3,4)24-17(23-13)12-9-20(11-21(12)19-10-22)18-25-15(5,6)16(7,8)26-18;1-14(2)15(3,4)21-16(20-14)11-12(17)18-13(19-11)10-8-6-5-7-9-10;1-14(2)15(3,4)20-16(19-14)12-10-17-13(18-12)11-8-6-5-7-9-11;1-2/h9,11H,1-8H3;5-9H,1-4H3;5-10H,1-4H3;1-2H3/q+1;;;. The molecule has 9 rings (SSSR count). The molecular weight excluding hydrogens is 946 g/mol. The number of rotatable bonds is 7. The van der Waals surface area contributed by atoms with Gasteiger partial charge in [-0.25, -0.2) is 19.2 Å². The summed E-state index contributed by atoms with van der Waals surface area (Å²) in [6.45, 7) is 35.9. The number of halogens is 1. The van der Waals surface area contributed by atoms with Gasteiger partial charge in [0.1, 0.15) is 10.8 Å². The molecule has 0 unspecified atom stereocenters. The number of aromatic nitrogens is 4. The molecule has 0 radical (unpaired) electrons. The maximum atomic E-state index is 10.9. The van der Waals surface area contributed by atoms with Gasteiger partial charge < -0.3 is 46.1 Å². The number of benzene rings is 2. The second-order valence-electron chi connectivity index (χ2n) is 21.0. The Morgan fingerprint density at radius 1 is 0.565 bits per heavy atom. The minimum Gasteiger partial charge on any atom is -0.445 e. The van der Waals surface area contributed by atoms with Crippen molar-refractivity contribution in [1.29, 1.82) is 0 Å². The second-order valence-corrected chi connectivity index (χ2v) is 21.7. The maximum Gasteiger partial charge on any atom is 0.726 e. The quantitative estimate of drug-likeness (QED) is 0.0887. The van der Waals surface area contributed by atoms with Gasteiger partial charge in [-0.3, -0.25) is 0 Å². The van der Waals surface area contributed by atoms with Crippen LogP contribution in [-0.2, 0) is 42.0 Å². The Morgan fingerprint density at radius 2 is 0.971 bits per heavy atom. The number of isocyanates is 1. The zero-order chi connectivity index (χ0) is 51.2. The Kier molecular flexibility index (Phi) is 15.6. The van der Waals surface area contributed by atoms with Crippen LogP contribution in [0.5, 0.6) is 0 Å². The lowest BCUT2D eigenvalue weighted by Crippen LogP contribution is -2.53. The molecule has 4 aliphatic rings. The van der Waals surface area contributed by atoms with Crippen LogP contribution >= 0.6 is 15.9 Å². The maximum absolute atomic E-state index is 10.9. The minimum atomic E-state index is -0.680. The van der Waals surface area contributed by atoms with E-state index in [2.05, 4.69) is 31.0 Å². The molecule has 0 amide bonds. The van der Waals surface area contributed by atoms with Crippen molar-refractivity contribution in [2.24, 2.45) is 5.10 Å². The zero-order valence-corrected chi connectivity index (χ0v) is 45.0. The third-order valence-corrected chi connectivity index (χ3v) is 14.6. The van der Waals surface area contributed by atoms with Crippen LogP contribution in [0.3, 0.4) is 0 Å². The molecule has 0 atom stereocenters. The molecule has 3 aromatic heterocycles. The number of hydrogen-bond donors (Lipinski definition) is 0. The first-order valence-corrected chi connectivity index (χ1v) is 24.1. The summed E-state index contributed by atoms with van der Waals surface area (Å²) in [5, 5.41) is 3.73. The third kappa shape index (κ3) is 11.2. The van der Waals surface area contributed by atoms with E-state index in [0.717, 1.165) is 11.1 Å². The Labute approximate surface area is 417 Å². The Hall–Kier alpha value is -4.13. The molecule has 2 aromatic carbocycles. The van der Waals surface area contributed by atoms with Gasteiger partial charge in [0.15, 0.2) is 11.3 Å². The molecule has 0 aliphatic carbocycles. The van der Waals surface area contributed by atoms with Crippen LogP contribution in [0.15, 0.2) is 97.9 Å². The number of carbonyl (C=O) groups excluding carboxylic acids is 1. The highest BCUT2D eigenvalue weighted by atomic mass is 79.9. The lowest BCUT2D eigenvalue weighted by Gasteiger charge is -2.32. The van der Waals surface area contributed by atoms with E-state index in [0.29, 0.717) is 33.3 Å². The Balaban J connectivity index is 0.000000169. The molecule has 4 saturated heterocycles. The van der Waals surface area contributed by atoms with E-state index in [4.69, 9.17) is 46.1 Å². The Bertz CT molecular complexity index is 2530. The van der Waals surface area contributed by atoms with Crippen LogP contribution in [0, 0.1) is 0 Å². The predicted molar refractivity (Wildman–Crippen MR) is 270 cm³/mol. The first-order valence-electron chi connectivity index (χ1n) is 23.4. The molecule has 16 nitrogen and oxygen atoms in total. The van der Waals surface area contributed by atoms with Crippen molar-refractivity contribution >= 4 is 67.5 Å². The van der Waals surface area contributed by atoms with Gasteiger partial charge in [0.05, 0.1) is 51.0 Å². The largest absolute Gasteiger partial charge is 0.726 e. The molecule has 4 fully saturated rings. The average Bonchev–Trinajstić information content (AvgIpc) is 4.13. The van der Waals surface area contributed by atoms with Gasteiger partial charge in [0.25, 0.3) is 12.4 Å². The highest BCUT2D eigenvalue weighted by Gasteiger charge is 2.59. The van der Waals surface area contributed by atoms with Crippen molar-refractivity contribution < 1.29 is 55.3 Å². The summed E-state index contributed by atoms with van der Waals surface area (Å²) in [6.07, 6.45) is 6.59. The normalized spacial score (nSPS) is 21.6. The molecule has 368 valence electrons. The molecule has 0 spiro atoms. The summed E-state index contributed by atoms with van der Waals surface area (Å²) in [6, 6.07) is 19.5. The van der Waals surface area contributed by atoms with Gasteiger partial charge in [0.2, 0.25) is 17.4 Å². The predicted octanol–water partition coefficient (Wildman–Crippen LogP) is 7.68. The monoisotopic (exact) mass is 1010 g/mol. The van der Waals surface area contributed by atoms with Crippen LogP contribution < -0.4 is 21.4 Å². The van der Waals surface area contributed by atoms with Crippen molar-refractivity contribution in [2.45, 2.75) is 169 Å². The summed E-state index contributed by atoms with van der Waals surface area (Å²) in [7, 11) is -2.40. The molecule has 0 N–H and O–H groups in total. The van der Waals surface area contributed by atoms with E-state index in [1.54, 1.807) is 29.3 Å². The molecule has 5 aromatic rings. The van der Waals surface area contributed by atoms with Crippen LogP contribution in [0.1, 0.15) is 125 Å². The fraction of sp³-hybridized carbons (Fsp3) is 0.542. The smallest absolute Gasteiger partial charge is 0.445 e. The summed E-state index contributed by atoms with van der Waals surface area (Å²) < 4.78 is 63.4. The van der Waals surface area contributed by atoms with Crippen LogP contribution in [-0.4, -0.2) is 94.1 Å². The summed E-state index contributed by atoms with van der Waals surface area (Å²) in [4.78, 5) is 19.6. The fourth-order valence-corrected chi connectivity index (χ4v) is 7.36. The molecular formula is C48H67B4BrN5O11+.